The summed E-state index contributed by atoms with van der Waals surface area (Å²) < 4.78 is 0. The lowest BCUT2D eigenvalue weighted by atomic mass is 10.1. The highest BCUT2D eigenvalue weighted by Crippen LogP contribution is 1.99. The third kappa shape index (κ3) is 5.40. The lowest BCUT2D eigenvalue weighted by Gasteiger charge is -2.10. The summed E-state index contributed by atoms with van der Waals surface area (Å²) in [7, 11) is 0. The molecule has 1 unspecified atom stereocenters. The normalized spacial score (nSPS) is 11.6. The molecule has 1 heterocycles. The number of anilines is 1. The van der Waals surface area contributed by atoms with Crippen LogP contribution in [0.4, 0.5) is 10.7 Å². The molecule has 0 saturated heterocycles. The van der Waals surface area contributed by atoms with Crippen LogP contribution in [0.5, 0.6) is 0 Å². The van der Waals surface area contributed by atoms with Gasteiger partial charge in [-0.2, -0.15) is 5.10 Å². The molecule has 0 aliphatic carbocycles. The first-order valence-electron chi connectivity index (χ1n) is 4.98. The molecule has 1 aromatic heterocycles. The molecule has 3 N–H and O–H groups in total. The van der Waals surface area contributed by atoms with Gasteiger partial charge in [-0.05, 0) is 5.92 Å². The number of nitrogens with zero attached hydrogens (tertiary/aromatic N) is 3. The van der Waals surface area contributed by atoms with E-state index in [9.17, 15) is 9.59 Å². The van der Waals surface area contributed by atoms with E-state index >= 15 is 0 Å². The van der Waals surface area contributed by atoms with Crippen LogP contribution in [0.2, 0.25) is 0 Å². The summed E-state index contributed by atoms with van der Waals surface area (Å²) in [5.74, 6) is -0.945. The van der Waals surface area contributed by atoms with Crippen molar-refractivity contribution in [2.45, 2.75) is 13.3 Å². The van der Waals surface area contributed by atoms with E-state index in [1.807, 2.05) is 0 Å². The Morgan fingerprint density at radius 1 is 1.47 bits per heavy atom. The van der Waals surface area contributed by atoms with Gasteiger partial charge in [-0.25, -0.2) is 9.78 Å². The molecule has 8 nitrogen and oxygen atoms in total. The van der Waals surface area contributed by atoms with E-state index in [4.69, 9.17) is 5.11 Å². The van der Waals surface area contributed by atoms with Gasteiger partial charge in [0.15, 0.2) is 0 Å². The molecule has 17 heavy (non-hydrogen) atoms. The van der Waals surface area contributed by atoms with Gasteiger partial charge < -0.3 is 10.4 Å². The number of carbonyl (C=O) groups excluding carboxylic acids is 1. The Kier molecular flexibility index (Phi) is 4.79. The lowest BCUT2D eigenvalue weighted by molar-refractivity contribution is -0.137. The van der Waals surface area contributed by atoms with E-state index < -0.39 is 12.0 Å². The van der Waals surface area contributed by atoms with Crippen molar-refractivity contribution in [3.8, 4) is 0 Å². The molecule has 0 radical (unpaired) electrons. The summed E-state index contributed by atoms with van der Waals surface area (Å²) >= 11 is 0. The van der Waals surface area contributed by atoms with Gasteiger partial charge in [0, 0.05) is 13.0 Å². The zero-order valence-corrected chi connectivity index (χ0v) is 9.25. The molecule has 2 amide bonds. The smallest absolute Gasteiger partial charge is 0.321 e. The van der Waals surface area contributed by atoms with Crippen LogP contribution in [0.15, 0.2) is 12.4 Å². The van der Waals surface area contributed by atoms with Crippen molar-refractivity contribution >= 4 is 17.9 Å². The van der Waals surface area contributed by atoms with Crippen LogP contribution in [0.25, 0.3) is 0 Å². The second-order valence-corrected chi connectivity index (χ2v) is 3.50. The largest absolute Gasteiger partial charge is 0.481 e. The summed E-state index contributed by atoms with van der Waals surface area (Å²) in [5.41, 5.74) is 0. The van der Waals surface area contributed by atoms with E-state index in [2.05, 4.69) is 25.8 Å². The molecule has 0 fully saturated rings. The van der Waals surface area contributed by atoms with Crippen LogP contribution in [0.1, 0.15) is 13.3 Å². The Hall–Kier alpha value is -2.25. The fourth-order valence-corrected chi connectivity index (χ4v) is 1.09. The van der Waals surface area contributed by atoms with Crippen molar-refractivity contribution in [2.75, 3.05) is 11.9 Å². The Morgan fingerprint density at radius 3 is 2.82 bits per heavy atom. The van der Waals surface area contributed by atoms with Gasteiger partial charge in [0.2, 0.25) is 0 Å². The van der Waals surface area contributed by atoms with Crippen LogP contribution < -0.4 is 10.6 Å². The van der Waals surface area contributed by atoms with Gasteiger partial charge in [0.05, 0.1) is 12.4 Å². The van der Waals surface area contributed by atoms with Gasteiger partial charge in [-0.3, -0.25) is 10.1 Å². The number of hydrogen-bond donors (Lipinski definition) is 3. The third-order valence-electron chi connectivity index (χ3n) is 1.84. The van der Waals surface area contributed by atoms with Crippen molar-refractivity contribution in [1.82, 2.24) is 20.5 Å². The van der Waals surface area contributed by atoms with E-state index in [-0.39, 0.29) is 24.8 Å². The summed E-state index contributed by atoms with van der Waals surface area (Å²) in [6.07, 6.45) is 2.79. The molecular weight excluding hydrogens is 226 g/mol. The van der Waals surface area contributed by atoms with Gasteiger partial charge in [-0.15, -0.1) is 5.10 Å². The van der Waals surface area contributed by atoms with Crippen LogP contribution in [-0.2, 0) is 4.79 Å². The summed E-state index contributed by atoms with van der Waals surface area (Å²) in [5, 5.41) is 20.5. The fraction of sp³-hybridized carbons (Fsp3) is 0.444. The van der Waals surface area contributed by atoms with Gasteiger partial charge >= 0.3 is 12.0 Å². The highest BCUT2D eigenvalue weighted by molar-refractivity contribution is 5.87. The van der Waals surface area contributed by atoms with E-state index in [1.54, 1.807) is 6.92 Å². The minimum Gasteiger partial charge on any atom is -0.481 e. The van der Waals surface area contributed by atoms with Crippen molar-refractivity contribution < 1.29 is 14.7 Å². The molecule has 0 aromatic carbocycles. The SMILES string of the molecule is CC(CNC(=O)Nc1nccnn1)CC(=O)O. The maximum atomic E-state index is 11.3. The molecule has 8 heteroatoms. The van der Waals surface area contributed by atoms with Crippen LogP contribution in [-0.4, -0.2) is 38.8 Å². The predicted octanol–water partition coefficient (Wildman–Crippen LogP) is 0.104. The van der Waals surface area contributed by atoms with Crippen molar-refractivity contribution in [2.24, 2.45) is 5.92 Å². The Balaban J connectivity index is 2.28. The Morgan fingerprint density at radius 2 is 2.24 bits per heavy atom. The van der Waals surface area contributed by atoms with Crippen molar-refractivity contribution in [3.05, 3.63) is 12.4 Å². The van der Waals surface area contributed by atoms with Gasteiger partial charge in [-0.1, -0.05) is 6.92 Å². The minimum atomic E-state index is -0.893. The number of aromatic nitrogens is 3. The van der Waals surface area contributed by atoms with Crippen LogP contribution in [0.3, 0.4) is 0 Å². The van der Waals surface area contributed by atoms with Crippen molar-refractivity contribution in [3.63, 3.8) is 0 Å². The number of rotatable bonds is 5. The maximum absolute atomic E-state index is 11.3. The first-order valence-corrected chi connectivity index (χ1v) is 4.98. The quantitative estimate of drug-likeness (QED) is 0.671. The maximum Gasteiger partial charge on any atom is 0.321 e. The molecule has 0 spiro atoms. The second kappa shape index (κ2) is 6.36. The molecule has 1 rings (SSSR count). The molecular formula is C9H13N5O3. The first kappa shape index (κ1) is 12.8. The van der Waals surface area contributed by atoms with Crippen LogP contribution >= 0.6 is 0 Å². The number of hydrogen-bond acceptors (Lipinski definition) is 5. The van der Waals surface area contributed by atoms with Crippen molar-refractivity contribution in [1.29, 1.82) is 0 Å². The van der Waals surface area contributed by atoms with E-state index in [1.165, 1.54) is 12.4 Å². The molecule has 0 saturated carbocycles. The zero-order chi connectivity index (χ0) is 12.7. The highest BCUT2D eigenvalue weighted by Gasteiger charge is 2.09. The number of carboxylic acids is 1. The topological polar surface area (TPSA) is 117 Å². The standard InChI is InChI=1S/C9H13N5O3/c1-6(4-7(15)16)5-11-9(17)13-8-10-2-3-12-14-8/h2-3,6H,4-5H2,1H3,(H,15,16)(H2,10,11,13,14,17). The van der Waals surface area contributed by atoms with E-state index in [0.717, 1.165) is 0 Å². The van der Waals surface area contributed by atoms with Gasteiger partial charge in [0.25, 0.3) is 5.95 Å². The number of amides is 2. The number of urea groups is 1. The highest BCUT2D eigenvalue weighted by atomic mass is 16.4. The predicted molar refractivity (Wildman–Crippen MR) is 58.3 cm³/mol. The number of carboxylic acid groups (broad SMARTS) is 1. The van der Waals surface area contributed by atoms with E-state index in [0.29, 0.717) is 0 Å². The van der Waals surface area contributed by atoms with Crippen LogP contribution in [0, 0.1) is 5.92 Å². The zero-order valence-electron chi connectivity index (χ0n) is 9.25. The summed E-state index contributed by atoms with van der Waals surface area (Å²) in [4.78, 5) is 25.5. The molecule has 92 valence electrons. The molecule has 1 aromatic rings. The lowest BCUT2D eigenvalue weighted by Crippen LogP contribution is -2.33. The first-order chi connectivity index (χ1) is 8.08. The molecule has 0 aliphatic heterocycles. The number of aliphatic carboxylic acids is 1. The molecule has 0 bridgehead atoms. The third-order valence-corrected chi connectivity index (χ3v) is 1.84. The fourth-order valence-electron chi connectivity index (χ4n) is 1.09. The average Bonchev–Trinajstić information content (AvgIpc) is 2.27. The number of nitrogens with one attached hydrogen (secondary N) is 2. The monoisotopic (exact) mass is 239 g/mol. The van der Waals surface area contributed by atoms with Gasteiger partial charge in [0.1, 0.15) is 0 Å². The minimum absolute atomic E-state index is 0.00364. The average molecular weight is 239 g/mol. The molecule has 0 aliphatic rings. The number of carbonyl (C=O) groups is 2. The second-order valence-electron chi connectivity index (χ2n) is 3.50. The summed E-state index contributed by atoms with van der Waals surface area (Å²) in [6, 6.07) is -0.491. The Labute approximate surface area is 97.5 Å². The summed E-state index contributed by atoms with van der Waals surface area (Å²) in [6.45, 7) is 1.99. The Bertz CT molecular complexity index is 383. The molecule has 1 atom stereocenters.